The van der Waals surface area contributed by atoms with Gasteiger partial charge in [0.25, 0.3) is 5.91 Å². The quantitative estimate of drug-likeness (QED) is 0.778. The van der Waals surface area contributed by atoms with E-state index in [2.05, 4.69) is 10.6 Å². The third-order valence-corrected chi connectivity index (χ3v) is 4.30. The number of likely N-dealkylation sites (N-methyl/N-ethyl adjacent to an activating group) is 1. The molecule has 0 spiro atoms. The average Bonchev–Trinajstić information content (AvgIpc) is 3.08. The van der Waals surface area contributed by atoms with Crippen molar-refractivity contribution in [3.8, 4) is 11.5 Å². The van der Waals surface area contributed by atoms with Crippen LogP contribution in [0.5, 0.6) is 11.5 Å². The Labute approximate surface area is 139 Å². The summed E-state index contributed by atoms with van der Waals surface area (Å²) in [4.78, 5) is 37.7. The molecule has 2 heterocycles. The van der Waals surface area contributed by atoms with Crippen LogP contribution in [0.15, 0.2) is 18.2 Å². The molecule has 0 aliphatic carbocycles. The highest BCUT2D eigenvalue weighted by atomic mass is 16.7. The van der Waals surface area contributed by atoms with Gasteiger partial charge in [-0.2, -0.15) is 0 Å². The summed E-state index contributed by atoms with van der Waals surface area (Å²) in [7, 11) is 1.46. The highest BCUT2D eigenvalue weighted by molar-refractivity contribution is 6.09. The first-order valence-electron chi connectivity index (χ1n) is 7.61. The van der Waals surface area contributed by atoms with Crippen LogP contribution in [0.25, 0.3) is 0 Å². The van der Waals surface area contributed by atoms with E-state index in [1.165, 1.54) is 14.0 Å². The van der Waals surface area contributed by atoms with Crippen LogP contribution in [0, 0.1) is 0 Å². The number of carbonyl (C=O) groups excluding carboxylic acids is 3. The summed E-state index contributed by atoms with van der Waals surface area (Å²) in [6.07, 6.45) is 0.283. The largest absolute Gasteiger partial charge is 0.454 e. The number of fused-ring (bicyclic) bond motifs is 1. The zero-order valence-corrected chi connectivity index (χ0v) is 13.7. The zero-order valence-electron chi connectivity index (χ0n) is 13.7. The molecule has 0 aromatic heterocycles. The van der Waals surface area contributed by atoms with Crippen LogP contribution in [0.3, 0.4) is 0 Å². The number of carbonyl (C=O) groups is 3. The Balaban J connectivity index is 1.82. The van der Waals surface area contributed by atoms with Crippen LogP contribution in [0.4, 0.5) is 4.79 Å². The number of imide groups is 1. The Kier molecular flexibility index (Phi) is 3.82. The minimum atomic E-state index is -1.12. The number of amides is 4. The van der Waals surface area contributed by atoms with Gasteiger partial charge < -0.3 is 20.1 Å². The molecule has 0 unspecified atom stereocenters. The standard InChI is InChI=1S/C16H19N3O5/c1-9(13(20)17-3)19-14(21)16(2,18-15(19)22)7-10-4-5-11-12(6-10)24-8-23-11/h4-6,9H,7-8H2,1-3H3,(H,17,20)(H,18,22)/t9-,16+/m0/s1. The van der Waals surface area contributed by atoms with Crippen molar-refractivity contribution in [1.29, 1.82) is 0 Å². The molecule has 8 nitrogen and oxygen atoms in total. The maximum Gasteiger partial charge on any atom is 0.325 e. The molecule has 1 aromatic carbocycles. The van der Waals surface area contributed by atoms with Crippen LogP contribution in [0.1, 0.15) is 19.4 Å². The van der Waals surface area contributed by atoms with Gasteiger partial charge in [-0.1, -0.05) is 6.07 Å². The van der Waals surface area contributed by atoms with E-state index < -0.39 is 29.4 Å². The van der Waals surface area contributed by atoms with Crippen LogP contribution in [-0.2, 0) is 16.0 Å². The fourth-order valence-electron chi connectivity index (χ4n) is 2.96. The van der Waals surface area contributed by atoms with E-state index in [0.29, 0.717) is 11.5 Å². The lowest BCUT2D eigenvalue weighted by atomic mass is 9.92. The summed E-state index contributed by atoms with van der Waals surface area (Å²) < 4.78 is 10.6. The van der Waals surface area contributed by atoms with Gasteiger partial charge in [0.05, 0.1) is 0 Å². The molecule has 0 radical (unpaired) electrons. The molecule has 4 amide bonds. The number of urea groups is 1. The number of nitrogens with one attached hydrogen (secondary N) is 2. The normalized spacial score (nSPS) is 23.2. The first-order valence-corrected chi connectivity index (χ1v) is 7.61. The first-order chi connectivity index (χ1) is 11.4. The molecular weight excluding hydrogens is 314 g/mol. The predicted octanol–water partition coefficient (Wildman–Crippen LogP) is 0.403. The highest BCUT2D eigenvalue weighted by Gasteiger charge is 2.50. The smallest absolute Gasteiger partial charge is 0.325 e. The van der Waals surface area contributed by atoms with Crippen molar-refractivity contribution in [2.75, 3.05) is 13.8 Å². The number of hydrogen-bond donors (Lipinski definition) is 2. The van der Waals surface area contributed by atoms with Crippen molar-refractivity contribution in [2.45, 2.75) is 31.8 Å². The van der Waals surface area contributed by atoms with Gasteiger partial charge in [0, 0.05) is 13.5 Å². The summed E-state index contributed by atoms with van der Waals surface area (Å²) in [5, 5.41) is 5.14. The second-order valence-corrected chi connectivity index (χ2v) is 6.09. The SMILES string of the molecule is CNC(=O)[C@H](C)N1C(=O)N[C@](C)(Cc2ccc3c(c2)OCO3)C1=O. The third-order valence-electron chi connectivity index (χ3n) is 4.30. The maximum absolute atomic E-state index is 12.7. The van der Waals surface area contributed by atoms with Crippen molar-refractivity contribution >= 4 is 17.8 Å². The van der Waals surface area contributed by atoms with Crippen LogP contribution in [0.2, 0.25) is 0 Å². The van der Waals surface area contributed by atoms with Crippen molar-refractivity contribution in [3.05, 3.63) is 23.8 Å². The van der Waals surface area contributed by atoms with Gasteiger partial charge in [0.1, 0.15) is 11.6 Å². The van der Waals surface area contributed by atoms with E-state index in [-0.39, 0.29) is 13.2 Å². The lowest BCUT2D eigenvalue weighted by molar-refractivity contribution is -0.137. The molecule has 24 heavy (non-hydrogen) atoms. The van der Waals surface area contributed by atoms with Gasteiger partial charge in [-0.15, -0.1) is 0 Å². The van der Waals surface area contributed by atoms with Gasteiger partial charge in [-0.25, -0.2) is 9.69 Å². The highest BCUT2D eigenvalue weighted by Crippen LogP contribution is 2.34. The number of benzene rings is 1. The summed E-state index contributed by atoms with van der Waals surface area (Å²) >= 11 is 0. The molecule has 2 aliphatic heterocycles. The molecule has 1 fully saturated rings. The molecular formula is C16H19N3O5. The number of rotatable bonds is 4. The second kappa shape index (κ2) is 5.70. The molecule has 2 N–H and O–H groups in total. The van der Waals surface area contributed by atoms with Crippen molar-refractivity contribution in [3.63, 3.8) is 0 Å². The summed E-state index contributed by atoms with van der Waals surface area (Å²) in [6, 6.07) is 3.94. The third kappa shape index (κ3) is 2.53. The minimum Gasteiger partial charge on any atom is -0.454 e. The van der Waals surface area contributed by atoms with E-state index in [4.69, 9.17) is 9.47 Å². The van der Waals surface area contributed by atoms with Crippen molar-refractivity contribution in [1.82, 2.24) is 15.5 Å². The van der Waals surface area contributed by atoms with Crippen molar-refractivity contribution in [2.24, 2.45) is 0 Å². The lowest BCUT2D eigenvalue weighted by Crippen LogP contribution is -2.49. The maximum atomic E-state index is 12.7. The molecule has 1 aromatic rings. The molecule has 1 saturated heterocycles. The van der Waals surface area contributed by atoms with E-state index in [1.54, 1.807) is 19.1 Å². The molecule has 0 saturated carbocycles. The molecule has 0 bridgehead atoms. The minimum absolute atomic E-state index is 0.170. The van der Waals surface area contributed by atoms with Crippen LogP contribution < -0.4 is 20.1 Å². The van der Waals surface area contributed by atoms with Gasteiger partial charge in [0.15, 0.2) is 11.5 Å². The van der Waals surface area contributed by atoms with Crippen LogP contribution >= 0.6 is 0 Å². The Bertz CT molecular complexity index is 720. The monoisotopic (exact) mass is 333 g/mol. The first kappa shape index (κ1) is 16.1. The Morgan fingerprint density at radius 1 is 1.38 bits per heavy atom. The summed E-state index contributed by atoms with van der Waals surface area (Å²) in [5.74, 6) is 0.441. The van der Waals surface area contributed by atoms with E-state index >= 15 is 0 Å². The molecule has 2 aliphatic rings. The fourth-order valence-corrected chi connectivity index (χ4v) is 2.96. The van der Waals surface area contributed by atoms with Crippen LogP contribution in [-0.4, -0.2) is 48.2 Å². The predicted molar refractivity (Wildman–Crippen MR) is 83.6 cm³/mol. The van der Waals surface area contributed by atoms with E-state index in [9.17, 15) is 14.4 Å². The van der Waals surface area contributed by atoms with E-state index in [0.717, 1.165) is 10.5 Å². The van der Waals surface area contributed by atoms with Gasteiger partial charge >= 0.3 is 6.03 Å². The molecule has 3 rings (SSSR count). The second-order valence-electron chi connectivity index (χ2n) is 6.09. The zero-order chi connectivity index (χ0) is 17.5. The average molecular weight is 333 g/mol. The summed E-state index contributed by atoms with van der Waals surface area (Å²) in [5.41, 5.74) is -0.294. The molecule has 2 atom stereocenters. The lowest BCUT2D eigenvalue weighted by Gasteiger charge is -2.24. The van der Waals surface area contributed by atoms with Crippen molar-refractivity contribution < 1.29 is 23.9 Å². The summed E-state index contributed by atoms with van der Waals surface area (Å²) in [6.45, 7) is 3.33. The number of nitrogens with zero attached hydrogens (tertiary/aromatic N) is 1. The molecule has 8 heteroatoms. The topological polar surface area (TPSA) is 97.0 Å². The number of hydrogen-bond acceptors (Lipinski definition) is 5. The van der Waals surface area contributed by atoms with Gasteiger partial charge in [-0.05, 0) is 31.5 Å². The van der Waals surface area contributed by atoms with Gasteiger partial charge in [0.2, 0.25) is 12.7 Å². The van der Waals surface area contributed by atoms with Gasteiger partial charge in [-0.3, -0.25) is 9.59 Å². The Hall–Kier alpha value is -2.77. The molecule has 128 valence electrons. The Morgan fingerprint density at radius 3 is 2.79 bits per heavy atom. The Morgan fingerprint density at radius 2 is 2.08 bits per heavy atom. The fraction of sp³-hybridized carbons (Fsp3) is 0.438. The number of ether oxygens (including phenoxy) is 2. The van der Waals surface area contributed by atoms with E-state index in [1.807, 2.05) is 6.07 Å².